The second kappa shape index (κ2) is 5.63. The van der Waals surface area contributed by atoms with Gasteiger partial charge in [0, 0.05) is 5.69 Å². The van der Waals surface area contributed by atoms with Crippen LogP contribution in [-0.4, -0.2) is 10.1 Å². The molecular formula is C13H10Cl2N4OS. The fourth-order valence-corrected chi connectivity index (χ4v) is 3.13. The van der Waals surface area contributed by atoms with E-state index in [2.05, 4.69) is 19.0 Å². The van der Waals surface area contributed by atoms with Gasteiger partial charge in [0.05, 0.1) is 33.6 Å². The molecule has 1 aromatic carbocycles. The number of nitrogens with zero attached hydrogens (tertiary/aromatic N) is 3. The van der Waals surface area contributed by atoms with E-state index < -0.39 is 0 Å². The van der Waals surface area contributed by atoms with Gasteiger partial charge in [-0.1, -0.05) is 23.2 Å². The Balaban J connectivity index is 1.92. The minimum atomic E-state index is 0.130. The van der Waals surface area contributed by atoms with Gasteiger partial charge >= 0.3 is 0 Å². The monoisotopic (exact) mass is 340 g/mol. The highest BCUT2D eigenvalue weighted by Gasteiger charge is 2.18. The van der Waals surface area contributed by atoms with Crippen LogP contribution in [0.5, 0.6) is 5.75 Å². The molecule has 0 aliphatic carbocycles. The molecule has 0 amide bonds. The summed E-state index contributed by atoms with van der Waals surface area (Å²) in [5.41, 5.74) is 3.22. The molecule has 0 saturated heterocycles. The maximum Gasteiger partial charge on any atom is 0.138 e. The number of aromatic nitrogens is 1. The van der Waals surface area contributed by atoms with E-state index in [1.165, 1.54) is 0 Å². The summed E-state index contributed by atoms with van der Waals surface area (Å²) >= 11 is 13.4. The number of anilines is 1. The van der Waals surface area contributed by atoms with Crippen LogP contribution in [0.15, 0.2) is 26.9 Å². The first-order valence-corrected chi connectivity index (χ1v) is 7.54. The first kappa shape index (κ1) is 14.3. The van der Waals surface area contributed by atoms with E-state index in [1.807, 2.05) is 6.92 Å². The van der Waals surface area contributed by atoms with E-state index in [4.69, 9.17) is 23.2 Å². The summed E-state index contributed by atoms with van der Waals surface area (Å²) < 4.78 is 8.35. The Morgan fingerprint density at radius 3 is 2.76 bits per heavy atom. The van der Waals surface area contributed by atoms with Crippen LogP contribution in [0.1, 0.15) is 11.4 Å². The summed E-state index contributed by atoms with van der Waals surface area (Å²) in [7, 11) is 0. The summed E-state index contributed by atoms with van der Waals surface area (Å²) in [4.78, 5) is 4.29. The highest BCUT2D eigenvalue weighted by molar-refractivity contribution is 7.58. The highest BCUT2D eigenvalue weighted by Crippen LogP contribution is 2.47. The lowest BCUT2D eigenvalue weighted by atomic mass is 10.2. The standard InChI is InChI=1S/C13H10Cl2N4OS/c1-6-2-3-10(20)9(17-6)5-16-11-7(14)4-8(15)12-13(11)19-21-18-12/h2-4,16,20H,5H2,1H3. The van der Waals surface area contributed by atoms with Crippen LogP contribution < -0.4 is 5.32 Å². The van der Waals surface area contributed by atoms with Gasteiger partial charge in [-0.05, 0) is 25.1 Å². The van der Waals surface area contributed by atoms with Gasteiger partial charge in [0.25, 0.3) is 0 Å². The number of benzene rings is 1. The molecule has 0 spiro atoms. The van der Waals surface area contributed by atoms with E-state index in [0.717, 1.165) is 17.0 Å². The van der Waals surface area contributed by atoms with Gasteiger partial charge in [-0.3, -0.25) is 4.98 Å². The zero-order valence-electron chi connectivity index (χ0n) is 10.9. The number of nitrogens with one attached hydrogen (secondary N) is 1. The van der Waals surface area contributed by atoms with Crippen molar-refractivity contribution in [2.24, 2.45) is 8.73 Å². The fraction of sp³-hybridized carbons (Fsp3) is 0.154. The van der Waals surface area contributed by atoms with Gasteiger partial charge in [-0.2, -0.15) is 8.73 Å². The first-order valence-electron chi connectivity index (χ1n) is 6.06. The van der Waals surface area contributed by atoms with Crippen LogP contribution in [0.25, 0.3) is 0 Å². The SMILES string of the molecule is Cc1ccc(O)c(CNc2c(Cl)cc(Cl)c3c2N=S=N3)n1. The van der Waals surface area contributed by atoms with Gasteiger partial charge in [0.15, 0.2) is 0 Å². The van der Waals surface area contributed by atoms with E-state index >= 15 is 0 Å². The number of hydrogen-bond donors (Lipinski definition) is 2. The molecule has 0 radical (unpaired) electrons. The molecule has 2 aromatic rings. The molecule has 2 heterocycles. The molecule has 0 fully saturated rings. The van der Waals surface area contributed by atoms with Crippen molar-refractivity contribution in [1.82, 2.24) is 4.98 Å². The lowest BCUT2D eigenvalue weighted by Crippen LogP contribution is -2.03. The van der Waals surface area contributed by atoms with Crippen molar-refractivity contribution in [3.8, 4) is 5.75 Å². The lowest BCUT2D eigenvalue weighted by molar-refractivity contribution is 0.464. The maximum atomic E-state index is 9.82. The van der Waals surface area contributed by atoms with E-state index in [-0.39, 0.29) is 5.75 Å². The van der Waals surface area contributed by atoms with Crippen LogP contribution in [0, 0.1) is 6.92 Å². The summed E-state index contributed by atoms with van der Waals surface area (Å²) in [5.74, 6) is 0.130. The molecule has 5 nitrogen and oxygen atoms in total. The highest BCUT2D eigenvalue weighted by atomic mass is 35.5. The number of fused-ring (bicyclic) bond motifs is 1. The van der Waals surface area contributed by atoms with Gasteiger partial charge in [-0.15, -0.1) is 0 Å². The van der Waals surface area contributed by atoms with Gasteiger partial charge in [0.1, 0.15) is 22.8 Å². The van der Waals surface area contributed by atoms with Crippen LogP contribution in [0.4, 0.5) is 17.1 Å². The second-order valence-electron chi connectivity index (χ2n) is 4.45. The number of aromatic hydroxyl groups is 1. The Kier molecular flexibility index (Phi) is 3.84. The van der Waals surface area contributed by atoms with Crippen molar-refractivity contribution in [2.45, 2.75) is 13.5 Å². The quantitative estimate of drug-likeness (QED) is 0.723. The molecule has 1 aromatic heterocycles. The molecule has 0 saturated carbocycles. The fourth-order valence-electron chi connectivity index (χ4n) is 1.95. The second-order valence-corrected chi connectivity index (χ2v) is 5.79. The number of halogens is 2. The Labute approximate surface area is 134 Å². The van der Waals surface area contributed by atoms with Gasteiger partial charge in [-0.25, -0.2) is 0 Å². The normalized spacial score (nSPS) is 12.1. The largest absolute Gasteiger partial charge is 0.506 e. The third kappa shape index (κ3) is 2.74. The molecule has 21 heavy (non-hydrogen) atoms. The molecule has 2 N–H and O–H groups in total. The summed E-state index contributed by atoms with van der Waals surface area (Å²) in [6.07, 6.45) is 0. The van der Waals surface area contributed by atoms with E-state index in [0.29, 0.717) is 39.3 Å². The van der Waals surface area contributed by atoms with Gasteiger partial charge in [0.2, 0.25) is 0 Å². The lowest BCUT2D eigenvalue weighted by Gasteiger charge is -2.12. The molecule has 1 aliphatic heterocycles. The zero-order valence-corrected chi connectivity index (χ0v) is 13.2. The Morgan fingerprint density at radius 1 is 1.19 bits per heavy atom. The van der Waals surface area contributed by atoms with Crippen LogP contribution in [0.2, 0.25) is 10.0 Å². The molecule has 0 bridgehead atoms. The van der Waals surface area contributed by atoms with Crippen LogP contribution in [0.3, 0.4) is 0 Å². The van der Waals surface area contributed by atoms with Crippen LogP contribution in [-0.2, 0) is 17.9 Å². The molecule has 8 heteroatoms. The Bertz CT molecular complexity index is 803. The number of aryl methyl sites for hydroxylation is 1. The molecule has 0 atom stereocenters. The average molecular weight is 341 g/mol. The molecule has 108 valence electrons. The van der Waals surface area contributed by atoms with Crippen molar-refractivity contribution >= 4 is 51.6 Å². The summed E-state index contributed by atoms with van der Waals surface area (Å²) in [5, 5.41) is 13.9. The van der Waals surface area contributed by atoms with E-state index in [1.54, 1.807) is 18.2 Å². The van der Waals surface area contributed by atoms with E-state index in [9.17, 15) is 5.11 Å². The van der Waals surface area contributed by atoms with Crippen molar-refractivity contribution in [3.05, 3.63) is 39.6 Å². The first-order chi connectivity index (χ1) is 10.1. The molecule has 0 unspecified atom stereocenters. The Morgan fingerprint density at radius 2 is 1.95 bits per heavy atom. The average Bonchev–Trinajstić information content (AvgIpc) is 2.92. The number of hydrogen-bond acceptors (Lipinski definition) is 5. The number of pyridine rings is 1. The Hall–Kier alpha value is -1.63. The van der Waals surface area contributed by atoms with Crippen molar-refractivity contribution in [2.75, 3.05) is 5.32 Å². The maximum absolute atomic E-state index is 9.82. The third-order valence-corrected chi connectivity index (χ3v) is 4.08. The molecular weight excluding hydrogens is 331 g/mol. The summed E-state index contributed by atoms with van der Waals surface area (Å²) in [6.45, 7) is 2.18. The molecule has 1 aliphatic rings. The summed E-state index contributed by atoms with van der Waals surface area (Å²) in [6, 6.07) is 4.98. The smallest absolute Gasteiger partial charge is 0.138 e. The topological polar surface area (TPSA) is 69.9 Å². The predicted octanol–water partition coefficient (Wildman–Crippen LogP) is 4.74. The third-order valence-electron chi connectivity index (χ3n) is 2.97. The number of rotatable bonds is 3. The predicted molar refractivity (Wildman–Crippen MR) is 86.0 cm³/mol. The van der Waals surface area contributed by atoms with Crippen molar-refractivity contribution in [3.63, 3.8) is 0 Å². The zero-order chi connectivity index (χ0) is 15.0. The van der Waals surface area contributed by atoms with Crippen molar-refractivity contribution < 1.29 is 5.11 Å². The molecule has 3 rings (SSSR count). The van der Waals surface area contributed by atoms with Gasteiger partial charge < -0.3 is 10.4 Å². The van der Waals surface area contributed by atoms with Crippen LogP contribution >= 0.6 is 23.2 Å². The minimum absolute atomic E-state index is 0.130. The minimum Gasteiger partial charge on any atom is -0.506 e. The van der Waals surface area contributed by atoms with Crippen molar-refractivity contribution in [1.29, 1.82) is 0 Å².